The monoisotopic (exact) mass is 482 g/mol. The van der Waals surface area contributed by atoms with Crippen LogP contribution in [0.15, 0.2) is 66.0 Å². The lowest BCUT2D eigenvalue weighted by Crippen LogP contribution is -2.51. The summed E-state index contributed by atoms with van der Waals surface area (Å²) in [6, 6.07) is 17.8. The zero-order chi connectivity index (χ0) is 23.2. The van der Waals surface area contributed by atoms with E-state index in [9.17, 15) is 14.4 Å². The van der Waals surface area contributed by atoms with Gasteiger partial charge in [-0.25, -0.2) is 0 Å². The summed E-state index contributed by atoms with van der Waals surface area (Å²) < 4.78 is 0. The molecule has 0 atom stereocenters. The van der Waals surface area contributed by atoms with E-state index >= 15 is 0 Å². The molecule has 1 fully saturated rings. The first-order valence-electron chi connectivity index (χ1n) is 10.5. The number of hydrogen-bond donors (Lipinski definition) is 2. The molecule has 0 saturated carbocycles. The van der Waals surface area contributed by atoms with Crippen LogP contribution in [0.25, 0.3) is 0 Å². The highest BCUT2D eigenvalue weighted by Gasteiger charge is 2.22. The average Bonchev–Trinajstić information content (AvgIpc) is 3.38. The quantitative estimate of drug-likeness (QED) is 0.561. The molecule has 0 bridgehead atoms. The molecule has 4 rings (SSSR count). The largest absolute Gasteiger partial charge is 0.368 e. The summed E-state index contributed by atoms with van der Waals surface area (Å²) in [5.74, 6) is -0.723. The van der Waals surface area contributed by atoms with Crippen LogP contribution in [0.4, 0.5) is 11.4 Å². The van der Waals surface area contributed by atoms with Gasteiger partial charge in [0.1, 0.15) is 0 Å². The fourth-order valence-electron chi connectivity index (χ4n) is 3.60. The maximum atomic E-state index is 12.6. The minimum Gasteiger partial charge on any atom is -0.368 e. The number of anilines is 2. The Hall–Kier alpha value is -3.36. The summed E-state index contributed by atoms with van der Waals surface area (Å²) in [6.45, 7) is 2.47. The molecule has 33 heavy (non-hydrogen) atoms. The van der Waals surface area contributed by atoms with Crippen LogP contribution >= 0.6 is 22.9 Å². The molecule has 0 radical (unpaired) electrons. The van der Waals surface area contributed by atoms with Crippen LogP contribution in [0.2, 0.25) is 5.02 Å². The molecule has 1 aromatic heterocycles. The van der Waals surface area contributed by atoms with Gasteiger partial charge in [0.05, 0.1) is 11.4 Å². The number of hydrogen-bond acceptors (Lipinski definition) is 5. The van der Waals surface area contributed by atoms with Gasteiger partial charge in [0, 0.05) is 48.1 Å². The van der Waals surface area contributed by atoms with E-state index in [-0.39, 0.29) is 24.3 Å². The van der Waals surface area contributed by atoms with Gasteiger partial charge in [0.25, 0.3) is 11.8 Å². The lowest BCUT2D eigenvalue weighted by molar-refractivity contribution is -0.130. The van der Waals surface area contributed by atoms with Crippen LogP contribution < -0.4 is 15.5 Å². The molecule has 2 N–H and O–H groups in total. The highest BCUT2D eigenvalue weighted by atomic mass is 35.5. The van der Waals surface area contributed by atoms with Crippen LogP contribution in [0.5, 0.6) is 0 Å². The van der Waals surface area contributed by atoms with Crippen LogP contribution in [0, 0.1) is 0 Å². The van der Waals surface area contributed by atoms with Crippen molar-refractivity contribution in [3.8, 4) is 0 Å². The van der Waals surface area contributed by atoms with Crippen molar-refractivity contribution < 1.29 is 14.4 Å². The maximum absolute atomic E-state index is 12.6. The maximum Gasteiger partial charge on any atom is 0.265 e. The third-order valence-electron chi connectivity index (χ3n) is 5.33. The Kier molecular flexibility index (Phi) is 7.26. The van der Waals surface area contributed by atoms with Crippen molar-refractivity contribution in [1.29, 1.82) is 0 Å². The highest BCUT2D eigenvalue weighted by Crippen LogP contribution is 2.21. The summed E-state index contributed by atoms with van der Waals surface area (Å²) in [5.41, 5.74) is 1.93. The zero-order valence-corrected chi connectivity index (χ0v) is 19.4. The molecule has 7 nitrogen and oxygen atoms in total. The van der Waals surface area contributed by atoms with Crippen LogP contribution in [0.1, 0.15) is 20.0 Å². The second kappa shape index (κ2) is 10.5. The van der Waals surface area contributed by atoms with Crippen molar-refractivity contribution in [2.75, 3.05) is 42.9 Å². The number of halogens is 1. The lowest BCUT2D eigenvalue weighted by Gasteiger charge is -2.36. The predicted molar refractivity (Wildman–Crippen MR) is 131 cm³/mol. The van der Waals surface area contributed by atoms with Gasteiger partial charge in [0.2, 0.25) is 5.91 Å². The summed E-state index contributed by atoms with van der Waals surface area (Å²) in [7, 11) is 0. The van der Waals surface area contributed by atoms with E-state index in [0.29, 0.717) is 47.3 Å². The highest BCUT2D eigenvalue weighted by molar-refractivity contribution is 7.12. The number of carbonyl (C=O) groups excluding carboxylic acids is 3. The number of nitrogens with zero attached hydrogens (tertiary/aromatic N) is 2. The molecule has 0 spiro atoms. The topological polar surface area (TPSA) is 81.8 Å². The Morgan fingerprint density at radius 3 is 2.42 bits per heavy atom. The lowest BCUT2D eigenvalue weighted by atomic mass is 10.2. The first kappa shape index (κ1) is 22.8. The molecule has 9 heteroatoms. The van der Waals surface area contributed by atoms with Crippen LogP contribution in [-0.2, 0) is 4.79 Å². The van der Waals surface area contributed by atoms with Gasteiger partial charge in [-0.1, -0.05) is 29.8 Å². The van der Waals surface area contributed by atoms with Crippen molar-refractivity contribution in [3.63, 3.8) is 0 Å². The van der Waals surface area contributed by atoms with Gasteiger partial charge in [-0.3, -0.25) is 14.4 Å². The second-order valence-electron chi connectivity index (χ2n) is 7.54. The molecule has 0 unspecified atom stereocenters. The first-order valence-corrected chi connectivity index (χ1v) is 11.8. The van der Waals surface area contributed by atoms with Gasteiger partial charge in [-0.15, -0.1) is 11.3 Å². The van der Waals surface area contributed by atoms with E-state index in [0.717, 1.165) is 5.69 Å². The SMILES string of the molecule is O=C(NCC(=O)N1CCN(c2cccc(Cl)c2)CC1)c1cccc(NC(=O)c2cccs2)c1. The minimum atomic E-state index is -0.367. The number of nitrogens with one attached hydrogen (secondary N) is 2. The van der Waals surface area contributed by atoms with Gasteiger partial charge < -0.3 is 20.4 Å². The van der Waals surface area contributed by atoms with Crippen molar-refractivity contribution >= 4 is 52.0 Å². The van der Waals surface area contributed by atoms with E-state index in [4.69, 9.17) is 11.6 Å². The Morgan fingerprint density at radius 1 is 0.909 bits per heavy atom. The van der Waals surface area contributed by atoms with Gasteiger partial charge in [-0.05, 0) is 47.8 Å². The molecule has 1 saturated heterocycles. The molecule has 1 aliphatic rings. The van der Waals surface area contributed by atoms with Crippen LogP contribution in [0.3, 0.4) is 0 Å². The third-order valence-corrected chi connectivity index (χ3v) is 6.44. The zero-order valence-electron chi connectivity index (χ0n) is 17.8. The molecule has 3 aromatic rings. The Bertz CT molecular complexity index is 1140. The molecule has 2 heterocycles. The Balaban J connectivity index is 1.26. The van der Waals surface area contributed by atoms with E-state index in [1.807, 2.05) is 29.6 Å². The standard InChI is InChI=1S/C24H23ClN4O3S/c25-18-5-2-7-20(15-18)28-9-11-29(12-10-28)22(30)16-26-23(31)17-4-1-6-19(14-17)27-24(32)21-8-3-13-33-21/h1-8,13-15H,9-12,16H2,(H,26,31)(H,27,32). The number of carbonyl (C=O) groups is 3. The number of thiophene rings is 1. The normalized spacial score (nSPS) is 13.5. The summed E-state index contributed by atoms with van der Waals surface area (Å²) in [5, 5.41) is 7.97. The summed E-state index contributed by atoms with van der Waals surface area (Å²) in [6.07, 6.45) is 0. The molecule has 3 amide bonds. The third kappa shape index (κ3) is 5.91. The van der Waals surface area contributed by atoms with E-state index in [2.05, 4.69) is 15.5 Å². The molecule has 0 aliphatic carbocycles. The Morgan fingerprint density at radius 2 is 1.70 bits per heavy atom. The smallest absolute Gasteiger partial charge is 0.265 e. The van der Waals surface area contributed by atoms with Gasteiger partial charge in [-0.2, -0.15) is 0 Å². The second-order valence-corrected chi connectivity index (χ2v) is 8.93. The van der Waals surface area contributed by atoms with Gasteiger partial charge >= 0.3 is 0 Å². The number of amides is 3. The fourth-order valence-corrected chi connectivity index (χ4v) is 4.40. The van der Waals surface area contributed by atoms with Crippen LogP contribution in [-0.4, -0.2) is 55.3 Å². The minimum absolute atomic E-state index is 0.0816. The molecule has 1 aliphatic heterocycles. The van der Waals surface area contributed by atoms with Crippen molar-refractivity contribution in [2.45, 2.75) is 0 Å². The number of piperazine rings is 1. The van der Waals surface area contributed by atoms with Gasteiger partial charge in [0.15, 0.2) is 0 Å². The molecular formula is C24H23ClN4O3S. The van der Waals surface area contributed by atoms with Crippen molar-refractivity contribution in [1.82, 2.24) is 10.2 Å². The van der Waals surface area contributed by atoms with E-state index < -0.39 is 0 Å². The summed E-state index contributed by atoms with van der Waals surface area (Å²) in [4.78, 5) is 41.9. The fraction of sp³-hybridized carbons (Fsp3) is 0.208. The van der Waals surface area contributed by atoms with Crippen molar-refractivity contribution in [3.05, 3.63) is 81.5 Å². The predicted octanol–water partition coefficient (Wildman–Crippen LogP) is 3.73. The number of rotatable bonds is 6. The molecule has 170 valence electrons. The molecular weight excluding hydrogens is 460 g/mol. The Labute approximate surface area is 201 Å². The summed E-state index contributed by atoms with van der Waals surface area (Å²) >= 11 is 7.41. The number of benzene rings is 2. The van der Waals surface area contributed by atoms with E-state index in [1.165, 1.54) is 11.3 Å². The molecule has 2 aromatic carbocycles. The first-order chi connectivity index (χ1) is 16.0. The average molecular weight is 483 g/mol. The van der Waals surface area contributed by atoms with Crippen molar-refractivity contribution in [2.24, 2.45) is 0 Å². The van der Waals surface area contributed by atoms with E-state index in [1.54, 1.807) is 41.3 Å².